The van der Waals surface area contributed by atoms with Gasteiger partial charge in [-0.15, -0.1) is 0 Å². The lowest BCUT2D eigenvalue weighted by molar-refractivity contribution is -0.141. The Morgan fingerprint density at radius 3 is 2.68 bits per heavy atom. The van der Waals surface area contributed by atoms with Gasteiger partial charge in [0.25, 0.3) is 5.56 Å². The SMILES string of the molecule is C/C=C/c1ccc2n(c1=O)C[C@@H]1[C@@H](CO)[C@H](C(=O)NCCC)N(C(=O)CC)[C@H]21. The van der Waals surface area contributed by atoms with E-state index in [2.05, 4.69) is 5.32 Å². The van der Waals surface area contributed by atoms with Crippen molar-refractivity contribution in [1.82, 2.24) is 14.8 Å². The standard InChI is InChI=1S/C21H29N3O4/c1-4-7-13-8-9-16-18-14(11-23(16)21(13)28)15(12-25)19(20(27)22-10-5-2)24(18)17(26)6-3/h4,7-9,14-15,18-19,25H,5-6,10-12H2,1-3H3,(H,22,27)/b7-4+/t14-,15-,18+,19-/m1/s1. The van der Waals surface area contributed by atoms with E-state index in [4.69, 9.17) is 0 Å². The molecule has 1 aromatic rings. The Morgan fingerprint density at radius 1 is 1.32 bits per heavy atom. The molecule has 3 heterocycles. The van der Waals surface area contributed by atoms with Gasteiger partial charge in [0.05, 0.1) is 6.04 Å². The van der Waals surface area contributed by atoms with Gasteiger partial charge in [0.1, 0.15) is 6.04 Å². The Hall–Kier alpha value is -2.41. The highest BCUT2D eigenvalue weighted by Gasteiger charge is 2.56. The van der Waals surface area contributed by atoms with Crippen molar-refractivity contribution in [3.8, 4) is 0 Å². The van der Waals surface area contributed by atoms with Crippen LogP contribution in [-0.4, -0.2) is 45.6 Å². The third-order valence-electron chi connectivity index (χ3n) is 5.86. The number of aliphatic hydroxyl groups is 1. The summed E-state index contributed by atoms with van der Waals surface area (Å²) in [6, 6.07) is 2.56. The fourth-order valence-corrected chi connectivity index (χ4v) is 4.63. The number of pyridine rings is 1. The number of rotatable bonds is 6. The molecule has 28 heavy (non-hydrogen) atoms. The van der Waals surface area contributed by atoms with Gasteiger partial charge in [0.2, 0.25) is 11.8 Å². The van der Waals surface area contributed by atoms with Crippen molar-refractivity contribution in [2.75, 3.05) is 13.2 Å². The molecule has 2 aliphatic heterocycles. The first-order chi connectivity index (χ1) is 13.5. The number of likely N-dealkylation sites (tertiary alicyclic amines) is 1. The van der Waals surface area contributed by atoms with Crippen LogP contribution in [0.25, 0.3) is 6.08 Å². The summed E-state index contributed by atoms with van der Waals surface area (Å²) in [5.41, 5.74) is 1.24. The number of fused-ring (bicyclic) bond motifs is 3. The molecule has 0 aliphatic carbocycles. The minimum absolute atomic E-state index is 0.0995. The van der Waals surface area contributed by atoms with Crippen LogP contribution in [0.15, 0.2) is 23.0 Å². The Kier molecular flexibility index (Phi) is 6.03. The molecule has 3 rings (SSSR count). The molecule has 7 nitrogen and oxygen atoms in total. The number of nitrogens with zero attached hydrogens (tertiary/aromatic N) is 2. The van der Waals surface area contributed by atoms with Crippen LogP contribution in [0.1, 0.15) is 50.9 Å². The van der Waals surface area contributed by atoms with Crippen molar-refractivity contribution in [2.24, 2.45) is 11.8 Å². The normalized spacial score (nSPS) is 25.8. The van der Waals surface area contributed by atoms with Crippen molar-refractivity contribution in [3.63, 3.8) is 0 Å². The number of aromatic nitrogens is 1. The minimum atomic E-state index is -0.710. The third kappa shape index (κ3) is 3.17. The van der Waals surface area contributed by atoms with Crippen LogP contribution >= 0.6 is 0 Å². The highest BCUT2D eigenvalue weighted by atomic mass is 16.3. The maximum Gasteiger partial charge on any atom is 0.258 e. The number of amides is 2. The highest BCUT2D eigenvalue weighted by Crippen LogP contribution is 2.49. The van der Waals surface area contributed by atoms with Crippen LogP contribution in [0.3, 0.4) is 0 Å². The summed E-state index contributed by atoms with van der Waals surface area (Å²) in [6.45, 7) is 6.31. The molecule has 1 saturated heterocycles. The van der Waals surface area contributed by atoms with E-state index in [1.54, 1.807) is 28.5 Å². The maximum atomic E-state index is 12.9. The predicted octanol–water partition coefficient (Wildman–Crippen LogP) is 1.31. The molecule has 0 saturated carbocycles. The smallest absolute Gasteiger partial charge is 0.258 e. The lowest BCUT2D eigenvalue weighted by atomic mass is 9.88. The maximum absolute atomic E-state index is 12.9. The van der Waals surface area contributed by atoms with Gasteiger partial charge in [0, 0.05) is 49.2 Å². The van der Waals surface area contributed by atoms with Crippen molar-refractivity contribution in [2.45, 2.75) is 52.2 Å². The largest absolute Gasteiger partial charge is 0.396 e. The zero-order valence-electron chi connectivity index (χ0n) is 16.7. The quantitative estimate of drug-likeness (QED) is 0.770. The molecule has 0 radical (unpaired) electrons. The van der Waals surface area contributed by atoms with Crippen molar-refractivity contribution in [1.29, 1.82) is 0 Å². The van der Waals surface area contributed by atoms with Crippen molar-refractivity contribution >= 4 is 17.9 Å². The molecule has 0 unspecified atom stereocenters. The Bertz CT molecular complexity index is 845. The molecule has 2 aliphatic rings. The van der Waals surface area contributed by atoms with Crippen LogP contribution < -0.4 is 10.9 Å². The number of carbonyl (C=O) groups is 2. The van der Waals surface area contributed by atoms with E-state index < -0.39 is 12.0 Å². The summed E-state index contributed by atoms with van der Waals surface area (Å²) >= 11 is 0. The minimum Gasteiger partial charge on any atom is -0.396 e. The lowest BCUT2D eigenvalue weighted by Crippen LogP contribution is -2.50. The lowest BCUT2D eigenvalue weighted by Gasteiger charge is -2.30. The fourth-order valence-electron chi connectivity index (χ4n) is 4.63. The van der Waals surface area contributed by atoms with Crippen LogP contribution in [0.4, 0.5) is 0 Å². The Balaban J connectivity index is 2.07. The van der Waals surface area contributed by atoms with E-state index in [0.29, 0.717) is 18.7 Å². The number of hydrogen-bond acceptors (Lipinski definition) is 4. The van der Waals surface area contributed by atoms with Gasteiger partial charge in [-0.3, -0.25) is 14.4 Å². The Labute approximate surface area is 165 Å². The molecule has 0 bridgehead atoms. The molecule has 7 heteroatoms. The zero-order valence-corrected chi connectivity index (χ0v) is 16.7. The first-order valence-electron chi connectivity index (χ1n) is 10.1. The molecular formula is C21H29N3O4. The van der Waals surface area contributed by atoms with Gasteiger partial charge in [0.15, 0.2) is 0 Å². The second kappa shape index (κ2) is 8.31. The topological polar surface area (TPSA) is 91.6 Å². The molecule has 0 aromatic carbocycles. The fraction of sp³-hybridized carbons (Fsp3) is 0.571. The average Bonchev–Trinajstić information content (AvgIpc) is 3.22. The molecule has 0 spiro atoms. The summed E-state index contributed by atoms with van der Waals surface area (Å²) in [5, 5.41) is 13.0. The van der Waals surface area contributed by atoms with Crippen LogP contribution in [-0.2, 0) is 16.1 Å². The Morgan fingerprint density at radius 2 is 2.07 bits per heavy atom. The molecular weight excluding hydrogens is 358 g/mol. The molecule has 1 aromatic heterocycles. The number of allylic oxidation sites excluding steroid dienone is 1. The van der Waals surface area contributed by atoms with E-state index in [0.717, 1.165) is 12.1 Å². The van der Waals surface area contributed by atoms with Gasteiger partial charge in [-0.25, -0.2) is 0 Å². The van der Waals surface area contributed by atoms with Gasteiger partial charge in [-0.1, -0.05) is 26.0 Å². The van der Waals surface area contributed by atoms with Crippen LogP contribution in [0, 0.1) is 11.8 Å². The number of hydrogen-bond donors (Lipinski definition) is 2. The van der Waals surface area contributed by atoms with Gasteiger partial charge in [-0.05, 0) is 25.5 Å². The van der Waals surface area contributed by atoms with E-state index in [-0.39, 0.29) is 42.4 Å². The van der Waals surface area contributed by atoms with Crippen molar-refractivity contribution in [3.05, 3.63) is 39.8 Å². The average molecular weight is 387 g/mol. The van der Waals surface area contributed by atoms with Gasteiger partial charge in [-0.2, -0.15) is 0 Å². The summed E-state index contributed by atoms with van der Waals surface area (Å²) in [4.78, 5) is 40.2. The molecule has 2 amide bonds. The number of nitrogens with one attached hydrogen (secondary N) is 1. The van der Waals surface area contributed by atoms with E-state index in [1.807, 2.05) is 26.0 Å². The first-order valence-corrected chi connectivity index (χ1v) is 10.1. The molecule has 152 valence electrons. The summed E-state index contributed by atoms with van der Waals surface area (Å²) < 4.78 is 1.70. The van der Waals surface area contributed by atoms with E-state index in [1.165, 1.54) is 0 Å². The number of carbonyl (C=O) groups excluding carboxylic acids is 2. The molecule has 2 N–H and O–H groups in total. The predicted molar refractivity (Wildman–Crippen MR) is 106 cm³/mol. The van der Waals surface area contributed by atoms with Gasteiger partial charge >= 0.3 is 0 Å². The third-order valence-corrected chi connectivity index (χ3v) is 5.86. The second-order valence-corrected chi connectivity index (χ2v) is 7.47. The zero-order chi connectivity index (χ0) is 20.4. The van der Waals surface area contributed by atoms with E-state index >= 15 is 0 Å². The van der Waals surface area contributed by atoms with Crippen molar-refractivity contribution < 1.29 is 14.7 Å². The summed E-state index contributed by atoms with van der Waals surface area (Å²) in [6.07, 6.45) is 4.64. The van der Waals surface area contributed by atoms with E-state index in [9.17, 15) is 19.5 Å². The van der Waals surface area contributed by atoms with Crippen LogP contribution in [0.5, 0.6) is 0 Å². The highest BCUT2D eigenvalue weighted by molar-refractivity contribution is 5.89. The first kappa shape index (κ1) is 20.3. The monoisotopic (exact) mass is 387 g/mol. The summed E-state index contributed by atoms with van der Waals surface area (Å²) in [5.74, 6) is -0.925. The van der Waals surface area contributed by atoms with Gasteiger partial charge < -0.3 is 19.9 Å². The number of aliphatic hydroxyl groups excluding tert-OH is 1. The van der Waals surface area contributed by atoms with Crippen LogP contribution in [0.2, 0.25) is 0 Å². The molecule has 1 fully saturated rings. The summed E-state index contributed by atoms with van der Waals surface area (Å²) in [7, 11) is 0. The second-order valence-electron chi connectivity index (χ2n) is 7.47. The molecule has 4 atom stereocenters.